The number of nitrogens with zero attached hydrogens (tertiary/aromatic N) is 4. The van der Waals surface area contributed by atoms with Gasteiger partial charge in [-0.3, -0.25) is 4.57 Å². The summed E-state index contributed by atoms with van der Waals surface area (Å²) in [4.78, 5) is 27.7. The van der Waals surface area contributed by atoms with E-state index in [1.807, 2.05) is 0 Å². The Balaban J connectivity index is 1.54. The Kier molecular flexibility index (Phi) is 7.46. The van der Waals surface area contributed by atoms with Crippen LogP contribution in [0.4, 0.5) is 5.82 Å². The van der Waals surface area contributed by atoms with Gasteiger partial charge in [0, 0.05) is 13.7 Å². The number of hydrogen-bond donors (Lipinski definition) is 6. The zero-order valence-electron chi connectivity index (χ0n) is 18.2. The fraction of sp³-hybridized carbons (Fsp3) is 0.722. The van der Waals surface area contributed by atoms with Crippen molar-refractivity contribution in [1.29, 1.82) is 0 Å². The molecular weight excluding hydrogens is 497 g/mol. The second-order valence-electron chi connectivity index (χ2n) is 8.43. The van der Waals surface area contributed by atoms with Crippen molar-refractivity contribution in [2.24, 2.45) is 5.92 Å². The topological polar surface area (TPSA) is 202 Å². The smallest absolute Gasteiger partial charge is 0.361 e. The Morgan fingerprint density at radius 2 is 2.06 bits per heavy atom. The molecule has 3 heterocycles. The Morgan fingerprint density at radius 1 is 1.32 bits per heavy atom. The number of aliphatic hydroxyl groups excluding tert-OH is 3. The molecule has 2 aliphatic rings. The minimum atomic E-state index is -4.98. The highest BCUT2D eigenvalue weighted by molar-refractivity contribution is 7.53. The average Bonchev–Trinajstić information content (AvgIpc) is 3.46. The Labute approximate surface area is 199 Å². The maximum Gasteiger partial charge on any atom is 0.361 e. The monoisotopic (exact) mass is 523 g/mol. The first-order valence-electron chi connectivity index (χ1n) is 10.6. The molecule has 6 N–H and O–H groups in total. The summed E-state index contributed by atoms with van der Waals surface area (Å²) in [7, 11) is -3.80. The van der Waals surface area contributed by atoms with E-state index >= 15 is 0 Å². The average molecular weight is 524 g/mol. The highest BCUT2D eigenvalue weighted by Gasteiger charge is 2.51. The summed E-state index contributed by atoms with van der Waals surface area (Å²) >= 11 is 6.09. The molecule has 2 aromatic heterocycles. The number of rotatable bonds is 11. The van der Waals surface area contributed by atoms with Gasteiger partial charge in [-0.05, 0) is 30.4 Å². The number of halogens is 1. The third kappa shape index (κ3) is 4.93. The second kappa shape index (κ2) is 9.90. The molecule has 0 spiro atoms. The van der Waals surface area contributed by atoms with Gasteiger partial charge in [-0.1, -0.05) is 0 Å². The standard InChI is InChI=1S/C18H27ClN5O9P/c1-31-8-18(7-25,34(28,29)30)32-6-11-12(26)13(27)16(33-11)24-15-10(5-21-24)14(22-17(19)23-15)20-4-9-2-3-9/h5,9,11-13,16,25-27H,2-4,6-8H2,1H3,(H,20,22,23)(H2,28,29,30)/t11-,12-,13-,16-,18-/m1/s1. The van der Waals surface area contributed by atoms with Gasteiger partial charge >= 0.3 is 7.60 Å². The van der Waals surface area contributed by atoms with Crippen LogP contribution in [0.1, 0.15) is 19.1 Å². The van der Waals surface area contributed by atoms with Crippen LogP contribution >= 0.6 is 19.2 Å². The quantitative estimate of drug-likeness (QED) is 0.162. The predicted octanol–water partition coefficient (Wildman–Crippen LogP) is -0.550. The van der Waals surface area contributed by atoms with Gasteiger partial charge < -0.3 is 44.6 Å². The lowest BCUT2D eigenvalue weighted by molar-refractivity contribution is -0.125. The number of aliphatic hydroxyl groups is 3. The number of aromatic nitrogens is 4. The Bertz CT molecular complexity index is 1070. The molecule has 16 heteroatoms. The molecule has 34 heavy (non-hydrogen) atoms. The zero-order chi connectivity index (χ0) is 24.7. The second-order valence-corrected chi connectivity index (χ2v) is 10.7. The van der Waals surface area contributed by atoms with Crippen LogP contribution in [0, 0.1) is 5.92 Å². The Morgan fingerprint density at radius 3 is 2.68 bits per heavy atom. The van der Waals surface area contributed by atoms with Crippen molar-refractivity contribution >= 4 is 36.0 Å². The lowest BCUT2D eigenvalue weighted by Crippen LogP contribution is -2.44. The maximum absolute atomic E-state index is 11.9. The molecule has 1 saturated carbocycles. The first-order chi connectivity index (χ1) is 16.1. The van der Waals surface area contributed by atoms with Gasteiger partial charge in [0.2, 0.25) is 10.6 Å². The van der Waals surface area contributed by atoms with E-state index in [2.05, 4.69) is 20.4 Å². The fourth-order valence-corrected chi connectivity index (χ4v) is 4.60. The van der Waals surface area contributed by atoms with Gasteiger partial charge in [0.05, 0.1) is 31.4 Å². The molecule has 14 nitrogen and oxygen atoms in total. The molecule has 0 aromatic carbocycles. The molecule has 4 rings (SSSR count). The zero-order valence-corrected chi connectivity index (χ0v) is 19.8. The van der Waals surface area contributed by atoms with Gasteiger partial charge in [0.15, 0.2) is 11.9 Å². The van der Waals surface area contributed by atoms with E-state index in [4.69, 9.17) is 25.8 Å². The van der Waals surface area contributed by atoms with Crippen molar-refractivity contribution in [3.05, 3.63) is 11.5 Å². The molecule has 0 unspecified atom stereocenters. The predicted molar refractivity (Wildman–Crippen MR) is 117 cm³/mol. The molecule has 2 fully saturated rings. The van der Waals surface area contributed by atoms with Crippen LogP contribution < -0.4 is 5.32 Å². The highest BCUT2D eigenvalue weighted by atomic mass is 35.5. The molecule has 2 aromatic rings. The summed E-state index contributed by atoms with van der Waals surface area (Å²) in [5, 5.41) is 36.3. The van der Waals surface area contributed by atoms with Gasteiger partial charge in [-0.2, -0.15) is 15.1 Å². The minimum Gasteiger partial charge on any atom is -0.393 e. The van der Waals surface area contributed by atoms with E-state index in [1.54, 1.807) is 0 Å². The number of anilines is 1. The number of fused-ring (bicyclic) bond motifs is 1. The fourth-order valence-electron chi connectivity index (χ4n) is 3.71. The van der Waals surface area contributed by atoms with E-state index in [9.17, 15) is 29.7 Å². The molecular formula is C18H27ClN5O9P. The molecule has 1 aliphatic carbocycles. The first-order valence-corrected chi connectivity index (χ1v) is 12.5. The third-order valence-corrected chi connectivity index (χ3v) is 7.55. The number of hydrogen-bond acceptors (Lipinski definition) is 11. The largest absolute Gasteiger partial charge is 0.393 e. The minimum absolute atomic E-state index is 0.0468. The molecule has 0 amide bonds. The van der Waals surface area contributed by atoms with Crippen molar-refractivity contribution < 1.29 is 43.9 Å². The SMILES string of the molecule is COC[C@](CO)(OC[C@H]1O[C@@H](n2ncc3c(NCC4CC4)nc(Cl)nc32)[C@H](O)[C@@H]1O)P(=O)(O)O. The maximum atomic E-state index is 11.9. The number of ether oxygens (including phenoxy) is 3. The van der Waals surface area contributed by atoms with E-state index in [-0.39, 0.29) is 10.9 Å². The van der Waals surface area contributed by atoms with Crippen LogP contribution in [-0.4, -0.2) is 102 Å². The van der Waals surface area contributed by atoms with E-state index < -0.39 is 57.3 Å². The summed E-state index contributed by atoms with van der Waals surface area (Å²) in [5.41, 5.74) is 0.260. The van der Waals surface area contributed by atoms with Gasteiger partial charge in [-0.25, -0.2) is 4.68 Å². The summed E-state index contributed by atoms with van der Waals surface area (Å²) in [6.45, 7) is -1.50. The summed E-state index contributed by atoms with van der Waals surface area (Å²) in [5.74, 6) is 1.06. The highest BCUT2D eigenvalue weighted by Crippen LogP contribution is 2.51. The van der Waals surface area contributed by atoms with Crippen LogP contribution in [0.5, 0.6) is 0 Å². The van der Waals surface area contributed by atoms with Crippen molar-refractivity contribution in [3.63, 3.8) is 0 Å². The lowest BCUT2D eigenvalue weighted by Gasteiger charge is -2.32. The summed E-state index contributed by atoms with van der Waals surface area (Å²) in [6, 6.07) is 0. The lowest BCUT2D eigenvalue weighted by atomic mass is 10.1. The number of nitrogens with one attached hydrogen (secondary N) is 1. The number of methoxy groups -OCH3 is 1. The van der Waals surface area contributed by atoms with Crippen molar-refractivity contribution in [1.82, 2.24) is 19.7 Å². The van der Waals surface area contributed by atoms with Crippen LogP contribution in [0.3, 0.4) is 0 Å². The molecule has 190 valence electrons. The van der Waals surface area contributed by atoms with Crippen LogP contribution in [0.15, 0.2) is 6.20 Å². The van der Waals surface area contributed by atoms with Crippen LogP contribution in [0.25, 0.3) is 11.0 Å². The van der Waals surface area contributed by atoms with E-state index in [0.717, 1.165) is 19.4 Å². The first kappa shape index (κ1) is 25.6. The molecule has 5 atom stereocenters. The molecule has 0 radical (unpaired) electrons. The van der Waals surface area contributed by atoms with E-state index in [0.29, 0.717) is 17.1 Å². The van der Waals surface area contributed by atoms with Crippen molar-refractivity contribution in [2.45, 2.75) is 42.7 Å². The third-order valence-electron chi connectivity index (χ3n) is 5.92. The molecule has 0 bridgehead atoms. The van der Waals surface area contributed by atoms with Gasteiger partial charge in [0.1, 0.15) is 24.1 Å². The summed E-state index contributed by atoms with van der Waals surface area (Å²) < 4.78 is 29.0. The van der Waals surface area contributed by atoms with Gasteiger partial charge in [0.25, 0.3) is 0 Å². The van der Waals surface area contributed by atoms with Crippen molar-refractivity contribution in [2.75, 3.05) is 38.8 Å². The van der Waals surface area contributed by atoms with Gasteiger partial charge in [-0.15, -0.1) is 0 Å². The van der Waals surface area contributed by atoms with E-state index in [1.165, 1.54) is 18.0 Å². The van der Waals surface area contributed by atoms with Crippen LogP contribution in [0.2, 0.25) is 5.28 Å². The van der Waals surface area contributed by atoms with Crippen molar-refractivity contribution in [3.8, 4) is 0 Å². The molecule has 1 saturated heterocycles. The molecule has 1 aliphatic heterocycles. The summed E-state index contributed by atoms with van der Waals surface area (Å²) in [6.07, 6.45) is -1.62. The van der Waals surface area contributed by atoms with Crippen LogP contribution in [-0.2, 0) is 18.8 Å². The Hall–Kier alpha value is -1.45. The normalized spacial score (nSPS) is 27.3.